The summed E-state index contributed by atoms with van der Waals surface area (Å²) in [5, 5.41) is 0. The Morgan fingerprint density at radius 3 is 3.24 bits per heavy atom. The topological polar surface area (TPSA) is 83.7 Å². The Balaban J connectivity index is 1.87. The number of aromatic amines is 1. The molecule has 0 spiro atoms. The molecular weight excluding hydrogens is 216 g/mol. The van der Waals surface area contributed by atoms with Crippen molar-refractivity contribution in [2.75, 3.05) is 24.5 Å². The number of H-pyrrole nitrogens is 1. The van der Waals surface area contributed by atoms with Gasteiger partial charge in [0.25, 0.3) is 0 Å². The molecule has 1 aliphatic heterocycles. The van der Waals surface area contributed by atoms with Crippen molar-refractivity contribution in [1.82, 2.24) is 19.9 Å². The molecule has 90 valence electrons. The van der Waals surface area contributed by atoms with Crippen molar-refractivity contribution in [3.05, 3.63) is 12.7 Å². The second-order valence-electron chi connectivity index (χ2n) is 4.48. The number of nitrogens with zero attached hydrogens (tertiary/aromatic N) is 4. The molecular formula is C11H16N6. The maximum atomic E-state index is 5.61. The van der Waals surface area contributed by atoms with Gasteiger partial charge in [-0.3, -0.25) is 0 Å². The van der Waals surface area contributed by atoms with E-state index in [-0.39, 0.29) is 0 Å². The lowest BCUT2D eigenvalue weighted by Gasteiger charge is -2.17. The molecule has 1 atom stereocenters. The van der Waals surface area contributed by atoms with E-state index in [9.17, 15) is 0 Å². The summed E-state index contributed by atoms with van der Waals surface area (Å²) in [6, 6.07) is 0. The first-order valence-corrected chi connectivity index (χ1v) is 5.97. The second-order valence-corrected chi connectivity index (χ2v) is 4.48. The van der Waals surface area contributed by atoms with Crippen LogP contribution in [0.2, 0.25) is 0 Å². The largest absolute Gasteiger partial charge is 0.354 e. The van der Waals surface area contributed by atoms with Crippen molar-refractivity contribution >= 4 is 17.0 Å². The molecule has 6 nitrogen and oxygen atoms in total. The fourth-order valence-corrected chi connectivity index (χ4v) is 2.49. The molecule has 3 heterocycles. The third kappa shape index (κ3) is 1.84. The maximum Gasteiger partial charge on any atom is 0.182 e. The van der Waals surface area contributed by atoms with Crippen LogP contribution < -0.4 is 10.6 Å². The monoisotopic (exact) mass is 232 g/mol. The highest BCUT2D eigenvalue weighted by Crippen LogP contribution is 2.27. The van der Waals surface area contributed by atoms with Gasteiger partial charge in [0.05, 0.1) is 6.33 Å². The predicted octanol–water partition coefficient (Wildman–Crippen LogP) is 0.528. The van der Waals surface area contributed by atoms with Gasteiger partial charge in [0.1, 0.15) is 11.8 Å². The van der Waals surface area contributed by atoms with E-state index >= 15 is 0 Å². The zero-order chi connectivity index (χ0) is 11.7. The Hall–Kier alpha value is -1.69. The van der Waals surface area contributed by atoms with Gasteiger partial charge in [0, 0.05) is 13.1 Å². The molecule has 0 radical (unpaired) electrons. The van der Waals surface area contributed by atoms with Gasteiger partial charge < -0.3 is 15.6 Å². The van der Waals surface area contributed by atoms with Gasteiger partial charge in [-0.2, -0.15) is 0 Å². The minimum absolute atomic E-state index is 0.688. The molecule has 1 aliphatic rings. The van der Waals surface area contributed by atoms with Crippen LogP contribution in [0.4, 0.5) is 5.82 Å². The van der Waals surface area contributed by atoms with Crippen molar-refractivity contribution in [2.24, 2.45) is 11.7 Å². The van der Waals surface area contributed by atoms with Crippen LogP contribution in [0.1, 0.15) is 12.8 Å². The first-order valence-electron chi connectivity index (χ1n) is 5.97. The number of hydrogen-bond acceptors (Lipinski definition) is 5. The summed E-state index contributed by atoms with van der Waals surface area (Å²) in [6.45, 7) is 2.83. The fraction of sp³-hybridized carbons (Fsp3) is 0.545. The summed E-state index contributed by atoms with van der Waals surface area (Å²) in [5.41, 5.74) is 7.27. The fourth-order valence-electron chi connectivity index (χ4n) is 2.49. The number of aromatic nitrogens is 4. The van der Waals surface area contributed by atoms with Crippen LogP contribution >= 0.6 is 0 Å². The molecule has 0 aliphatic carbocycles. The van der Waals surface area contributed by atoms with Crippen LogP contribution in [0.25, 0.3) is 11.2 Å². The van der Waals surface area contributed by atoms with Gasteiger partial charge in [0.15, 0.2) is 11.5 Å². The quantitative estimate of drug-likeness (QED) is 0.806. The van der Waals surface area contributed by atoms with Crippen LogP contribution in [0, 0.1) is 5.92 Å². The predicted molar refractivity (Wildman–Crippen MR) is 65.7 cm³/mol. The molecule has 1 unspecified atom stereocenters. The Morgan fingerprint density at radius 1 is 1.41 bits per heavy atom. The standard InChI is InChI=1S/C11H16N6/c12-3-1-8-2-4-17(5-8)11-9-10(14-6-13-9)15-7-16-11/h6-8H,1-5,12H2,(H,13,14,15,16). The van der Waals surface area contributed by atoms with Crippen LogP contribution in [0.5, 0.6) is 0 Å². The number of fused-ring (bicyclic) bond motifs is 1. The van der Waals surface area contributed by atoms with Gasteiger partial charge in [-0.15, -0.1) is 0 Å². The van der Waals surface area contributed by atoms with E-state index in [0.29, 0.717) is 5.92 Å². The molecule has 1 saturated heterocycles. The molecule has 0 bridgehead atoms. The van der Waals surface area contributed by atoms with Gasteiger partial charge in [0.2, 0.25) is 0 Å². The van der Waals surface area contributed by atoms with Crippen LogP contribution in [-0.4, -0.2) is 39.6 Å². The molecule has 3 N–H and O–H groups in total. The van der Waals surface area contributed by atoms with Crippen molar-refractivity contribution < 1.29 is 0 Å². The Labute approximate surface area is 99.3 Å². The van der Waals surface area contributed by atoms with Gasteiger partial charge in [-0.1, -0.05) is 0 Å². The third-order valence-corrected chi connectivity index (χ3v) is 3.36. The summed E-state index contributed by atoms with van der Waals surface area (Å²) in [5.74, 6) is 1.65. The van der Waals surface area contributed by atoms with Gasteiger partial charge in [-0.25, -0.2) is 15.0 Å². The van der Waals surface area contributed by atoms with Crippen molar-refractivity contribution in [3.63, 3.8) is 0 Å². The Morgan fingerprint density at radius 2 is 2.35 bits per heavy atom. The number of nitrogens with two attached hydrogens (primary N) is 1. The number of hydrogen-bond donors (Lipinski definition) is 2. The SMILES string of the molecule is NCCC1CCN(c2ncnc3nc[nH]c23)C1. The lowest BCUT2D eigenvalue weighted by atomic mass is 10.1. The van der Waals surface area contributed by atoms with Crippen molar-refractivity contribution in [3.8, 4) is 0 Å². The van der Waals surface area contributed by atoms with E-state index in [4.69, 9.17) is 5.73 Å². The zero-order valence-electron chi connectivity index (χ0n) is 9.63. The zero-order valence-corrected chi connectivity index (χ0v) is 9.63. The van der Waals surface area contributed by atoms with E-state index in [0.717, 1.165) is 43.0 Å². The van der Waals surface area contributed by atoms with Crippen LogP contribution in [0.3, 0.4) is 0 Å². The minimum atomic E-state index is 0.688. The van der Waals surface area contributed by atoms with E-state index in [1.165, 1.54) is 6.42 Å². The normalized spacial score (nSPS) is 20.3. The highest BCUT2D eigenvalue weighted by atomic mass is 15.2. The van der Waals surface area contributed by atoms with Gasteiger partial charge in [-0.05, 0) is 25.3 Å². The minimum Gasteiger partial charge on any atom is -0.354 e. The highest BCUT2D eigenvalue weighted by molar-refractivity contribution is 5.82. The molecule has 2 aromatic heterocycles. The smallest absolute Gasteiger partial charge is 0.182 e. The van der Waals surface area contributed by atoms with E-state index < -0.39 is 0 Å². The Bertz CT molecular complexity index is 507. The summed E-state index contributed by atoms with van der Waals surface area (Å²) in [4.78, 5) is 18.1. The first kappa shape index (κ1) is 10.5. The lowest BCUT2D eigenvalue weighted by molar-refractivity contribution is 0.546. The maximum absolute atomic E-state index is 5.61. The first-order chi connectivity index (χ1) is 8.38. The van der Waals surface area contributed by atoms with Gasteiger partial charge >= 0.3 is 0 Å². The van der Waals surface area contributed by atoms with Crippen molar-refractivity contribution in [2.45, 2.75) is 12.8 Å². The summed E-state index contributed by atoms with van der Waals surface area (Å²) in [7, 11) is 0. The summed E-state index contributed by atoms with van der Waals surface area (Å²) >= 11 is 0. The summed E-state index contributed by atoms with van der Waals surface area (Å²) < 4.78 is 0. The van der Waals surface area contributed by atoms with E-state index in [1.54, 1.807) is 12.7 Å². The van der Waals surface area contributed by atoms with E-state index in [1.807, 2.05) is 0 Å². The average Bonchev–Trinajstić information content (AvgIpc) is 2.96. The number of nitrogens with one attached hydrogen (secondary N) is 1. The van der Waals surface area contributed by atoms with Crippen LogP contribution in [0.15, 0.2) is 12.7 Å². The van der Waals surface area contributed by atoms with E-state index in [2.05, 4.69) is 24.8 Å². The second kappa shape index (κ2) is 4.29. The lowest BCUT2D eigenvalue weighted by Crippen LogP contribution is -2.22. The molecule has 0 amide bonds. The number of anilines is 1. The molecule has 0 aromatic carbocycles. The average molecular weight is 232 g/mol. The molecule has 3 rings (SSSR count). The Kier molecular flexibility index (Phi) is 2.64. The molecule has 2 aromatic rings. The molecule has 0 saturated carbocycles. The summed E-state index contributed by atoms with van der Waals surface area (Å²) in [6.07, 6.45) is 5.52. The number of imidazole rings is 1. The molecule has 17 heavy (non-hydrogen) atoms. The van der Waals surface area contributed by atoms with Crippen molar-refractivity contribution in [1.29, 1.82) is 0 Å². The van der Waals surface area contributed by atoms with Crippen LogP contribution in [-0.2, 0) is 0 Å². The molecule has 6 heteroatoms. The highest BCUT2D eigenvalue weighted by Gasteiger charge is 2.24. The molecule has 1 fully saturated rings. The number of rotatable bonds is 3. The third-order valence-electron chi connectivity index (χ3n) is 3.36.